The number of hydrogen-bond acceptors (Lipinski definition) is 4. The largest absolute Gasteiger partial charge is 0.468 e. The number of carbonyl (C=O) groups excluding carboxylic acids is 1. The lowest BCUT2D eigenvalue weighted by molar-refractivity contribution is -0.140. The van der Waals surface area contributed by atoms with Gasteiger partial charge < -0.3 is 9.32 Å². The van der Waals surface area contributed by atoms with Gasteiger partial charge in [-0.1, -0.05) is 12.8 Å². The van der Waals surface area contributed by atoms with E-state index in [0.29, 0.717) is 11.9 Å². The molecule has 0 aromatic carbocycles. The Hall–Kier alpha value is -1.59. The first-order valence-electron chi connectivity index (χ1n) is 9.86. The maximum absolute atomic E-state index is 13.4. The van der Waals surface area contributed by atoms with Crippen molar-refractivity contribution in [1.29, 1.82) is 0 Å². The molecule has 2 fully saturated rings. The minimum atomic E-state index is 0.123. The smallest absolute Gasteiger partial charge is 0.227 e. The molecule has 1 aliphatic heterocycles. The highest BCUT2D eigenvalue weighted by atomic mass is 32.1. The molecule has 0 spiro atoms. The quantitative estimate of drug-likeness (QED) is 0.748. The number of furan rings is 1. The molecule has 1 aliphatic carbocycles. The number of nitrogens with zero attached hydrogens (tertiary/aromatic N) is 2. The van der Waals surface area contributed by atoms with E-state index in [2.05, 4.69) is 26.6 Å². The standard InChI is InChI=1S/C21H28N2O2S/c24-21(18-5-3-10-22(14-18)15-20-8-4-11-25-20)23(19-6-1-2-7-19)13-17-9-12-26-16-17/h4,8-9,11-12,16,18-19H,1-3,5-7,10,13-15H2/t18-/m1/s1. The number of piperidine rings is 1. The highest BCUT2D eigenvalue weighted by Gasteiger charge is 2.34. The molecule has 26 heavy (non-hydrogen) atoms. The van der Waals surface area contributed by atoms with Crippen LogP contribution in [0.3, 0.4) is 0 Å². The summed E-state index contributed by atoms with van der Waals surface area (Å²) in [4.78, 5) is 18.0. The van der Waals surface area contributed by atoms with Crippen molar-refractivity contribution in [3.8, 4) is 0 Å². The third-order valence-electron chi connectivity index (χ3n) is 5.80. The summed E-state index contributed by atoms with van der Waals surface area (Å²) < 4.78 is 5.49. The van der Waals surface area contributed by atoms with Crippen molar-refractivity contribution in [2.45, 2.75) is 57.7 Å². The maximum Gasteiger partial charge on any atom is 0.227 e. The summed E-state index contributed by atoms with van der Waals surface area (Å²) in [6.45, 7) is 3.50. The molecule has 140 valence electrons. The number of rotatable bonds is 6. The summed E-state index contributed by atoms with van der Waals surface area (Å²) in [6, 6.07) is 6.55. The van der Waals surface area contributed by atoms with E-state index in [-0.39, 0.29) is 5.92 Å². The summed E-state index contributed by atoms with van der Waals surface area (Å²) in [6.07, 6.45) is 8.68. The summed E-state index contributed by atoms with van der Waals surface area (Å²) in [7, 11) is 0. The van der Waals surface area contributed by atoms with Crippen LogP contribution in [-0.2, 0) is 17.9 Å². The van der Waals surface area contributed by atoms with E-state index in [1.54, 1.807) is 17.6 Å². The van der Waals surface area contributed by atoms with Gasteiger partial charge in [-0.2, -0.15) is 11.3 Å². The van der Waals surface area contributed by atoms with Crippen molar-refractivity contribution >= 4 is 17.2 Å². The van der Waals surface area contributed by atoms with Crippen molar-refractivity contribution in [3.63, 3.8) is 0 Å². The van der Waals surface area contributed by atoms with E-state index in [4.69, 9.17) is 4.42 Å². The monoisotopic (exact) mass is 372 g/mol. The van der Waals surface area contributed by atoms with E-state index >= 15 is 0 Å². The number of thiophene rings is 1. The normalized spacial score (nSPS) is 21.9. The van der Waals surface area contributed by atoms with Gasteiger partial charge in [0.25, 0.3) is 0 Å². The molecule has 3 heterocycles. The van der Waals surface area contributed by atoms with E-state index in [1.807, 2.05) is 12.1 Å². The molecule has 1 saturated heterocycles. The lowest BCUT2D eigenvalue weighted by atomic mass is 9.95. The Morgan fingerprint density at radius 3 is 2.85 bits per heavy atom. The molecule has 5 heteroatoms. The Morgan fingerprint density at radius 1 is 1.23 bits per heavy atom. The molecule has 4 rings (SSSR count). The molecule has 4 nitrogen and oxygen atoms in total. The lowest BCUT2D eigenvalue weighted by Gasteiger charge is -2.37. The molecular weight excluding hydrogens is 344 g/mol. The van der Waals surface area contributed by atoms with Gasteiger partial charge in [-0.15, -0.1) is 0 Å². The minimum Gasteiger partial charge on any atom is -0.468 e. The van der Waals surface area contributed by atoms with Gasteiger partial charge in [-0.05, 0) is 66.8 Å². The summed E-state index contributed by atoms with van der Waals surface area (Å²) in [5.41, 5.74) is 1.28. The van der Waals surface area contributed by atoms with E-state index in [0.717, 1.165) is 44.8 Å². The summed E-state index contributed by atoms with van der Waals surface area (Å²) in [5.74, 6) is 1.48. The highest BCUT2D eigenvalue weighted by molar-refractivity contribution is 7.07. The molecule has 1 saturated carbocycles. The van der Waals surface area contributed by atoms with Crippen LogP contribution in [0.2, 0.25) is 0 Å². The van der Waals surface area contributed by atoms with Gasteiger partial charge in [-0.3, -0.25) is 9.69 Å². The zero-order valence-corrected chi connectivity index (χ0v) is 16.1. The molecule has 2 aromatic heterocycles. The molecule has 1 amide bonds. The lowest BCUT2D eigenvalue weighted by Crippen LogP contribution is -2.47. The Morgan fingerprint density at radius 2 is 2.12 bits per heavy atom. The first-order valence-corrected chi connectivity index (χ1v) is 10.8. The van der Waals surface area contributed by atoms with Gasteiger partial charge in [0.1, 0.15) is 5.76 Å². The minimum absolute atomic E-state index is 0.123. The van der Waals surface area contributed by atoms with Crippen LogP contribution in [0, 0.1) is 5.92 Å². The van der Waals surface area contributed by atoms with Crippen LogP contribution in [0.1, 0.15) is 49.8 Å². The average Bonchev–Trinajstić information content (AvgIpc) is 3.42. The fourth-order valence-corrected chi connectivity index (χ4v) is 5.10. The molecule has 2 aliphatic rings. The van der Waals surface area contributed by atoms with Crippen molar-refractivity contribution in [1.82, 2.24) is 9.80 Å². The second-order valence-corrected chi connectivity index (χ2v) is 8.47. The van der Waals surface area contributed by atoms with Crippen LogP contribution < -0.4 is 0 Å². The zero-order valence-electron chi connectivity index (χ0n) is 15.3. The van der Waals surface area contributed by atoms with Crippen LogP contribution in [0.15, 0.2) is 39.6 Å². The van der Waals surface area contributed by atoms with Gasteiger partial charge in [0.05, 0.1) is 18.7 Å². The number of amides is 1. The van der Waals surface area contributed by atoms with Crippen LogP contribution in [0.4, 0.5) is 0 Å². The van der Waals surface area contributed by atoms with Gasteiger partial charge in [0.2, 0.25) is 5.91 Å². The van der Waals surface area contributed by atoms with Crippen molar-refractivity contribution in [2.75, 3.05) is 13.1 Å². The Kier molecular flexibility index (Phi) is 5.75. The second kappa shape index (κ2) is 8.40. The van der Waals surface area contributed by atoms with E-state index in [1.165, 1.54) is 31.2 Å². The van der Waals surface area contributed by atoms with Crippen molar-refractivity contribution in [3.05, 3.63) is 46.5 Å². The van der Waals surface area contributed by atoms with Gasteiger partial charge in [-0.25, -0.2) is 0 Å². The van der Waals surface area contributed by atoms with Crippen molar-refractivity contribution in [2.24, 2.45) is 5.92 Å². The Labute approximate surface area is 159 Å². The molecule has 0 unspecified atom stereocenters. The van der Waals surface area contributed by atoms with E-state index < -0.39 is 0 Å². The average molecular weight is 373 g/mol. The molecular formula is C21H28N2O2S. The van der Waals surface area contributed by atoms with E-state index in [9.17, 15) is 4.79 Å². The fraction of sp³-hybridized carbons (Fsp3) is 0.571. The zero-order chi connectivity index (χ0) is 17.8. The van der Waals surface area contributed by atoms with Gasteiger partial charge >= 0.3 is 0 Å². The molecule has 0 bridgehead atoms. The van der Waals surface area contributed by atoms with Crippen LogP contribution in [-0.4, -0.2) is 34.8 Å². The van der Waals surface area contributed by atoms with Gasteiger partial charge in [0.15, 0.2) is 0 Å². The summed E-state index contributed by atoms with van der Waals surface area (Å²) >= 11 is 1.72. The molecule has 0 N–H and O–H groups in total. The maximum atomic E-state index is 13.4. The Bertz CT molecular complexity index is 677. The second-order valence-electron chi connectivity index (χ2n) is 7.69. The Balaban J connectivity index is 1.43. The predicted octanol–water partition coefficient (Wildman–Crippen LogP) is 4.52. The van der Waals surface area contributed by atoms with Crippen LogP contribution in [0.25, 0.3) is 0 Å². The first kappa shape index (κ1) is 17.8. The number of likely N-dealkylation sites (tertiary alicyclic amines) is 1. The third kappa shape index (κ3) is 4.21. The summed E-state index contributed by atoms with van der Waals surface area (Å²) in [5, 5.41) is 4.29. The first-order chi connectivity index (χ1) is 12.8. The molecule has 0 radical (unpaired) electrons. The SMILES string of the molecule is O=C([C@@H]1CCCN(Cc2ccco2)C1)N(Cc1ccsc1)C1CCCC1. The predicted molar refractivity (Wildman–Crippen MR) is 104 cm³/mol. The van der Waals surface area contributed by atoms with Gasteiger partial charge in [0, 0.05) is 19.1 Å². The molecule has 2 aromatic rings. The molecule has 1 atom stereocenters. The third-order valence-corrected chi connectivity index (χ3v) is 6.53. The fourth-order valence-electron chi connectivity index (χ4n) is 4.44. The van der Waals surface area contributed by atoms with Crippen LogP contribution in [0.5, 0.6) is 0 Å². The number of carbonyl (C=O) groups is 1. The highest BCUT2D eigenvalue weighted by Crippen LogP contribution is 2.29. The topological polar surface area (TPSA) is 36.7 Å². The van der Waals surface area contributed by atoms with Crippen molar-refractivity contribution < 1.29 is 9.21 Å². The number of hydrogen-bond donors (Lipinski definition) is 0. The van der Waals surface area contributed by atoms with Crippen LogP contribution >= 0.6 is 11.3 Å².